The Hall–Kier alpha value is 0.450. The second-order valence-electron chi connectivity index (χ2n) is 2.59. The molecule has 1 unspecified atom stereocenters. The third-order valence-electron chi connectivity index (χ3n) is 1.42. The van der Waals surface area contributed by atoms with Crippen LogP contribution in [0.5, 0.6) is 0 Å². The summed E-state index contributed by atoms with van der Waals surface area (Å²) in [5, 5.41) is 1.32. The fourth-order valence-electron chi connectivity index (χ4n) is 0.754. The summed E-state index contributed by atoms with van der Waals surface area (Å²) in [5.41, 5.74) is 0. The summed E-state index contributed by atoms with van der Waals surface area (Å²) < 4.78 is 1.06. The van der Waals surface area contributed by atoms with Gasteiger partial charge in [-0.3, -0.25) is 0 Å². The first-order valence-corrected chi connectivity index (χ1v) is 6.42. The fourth-order valence-corrected chi connectivity index (χ4v) is 2.31. The number of halogens is 2. The molecule has 0 aromatic carbocycles. The molecular formula is C8H10ClIN2S. The average molecular weight is 329 g/mol. The lowest BCUT2D eigenvalue weighted by Crippen LogP contribution is -1.98. The first kappa shape index (κ1) is 11.5. The van der Waals surface area contributed by atoms with E-state index >= 15 is 0 Å². The monoisotopic (exact) mass is 328 g/mol. The van der Waals surface area contributed by atoms with Crippen molar-refractivity contribution < 1.29 is 0 Å². The average Bonchev–Trinajstić information content (AvgIpc) is 2.09. The molecule has 13 heavy (non-hydrogen) atoms. The third-order valence-corrected chi connectivity index (χ3v) is 3.25. The Balaban J connectivity index is 2.49. The maximum Gasteiger partial charge on any atom is 0.187 e. The Morgan fingerprint density at radius 2 is 2.15 bits per heavy atom. The SMILES string of the molecule is CC(CCCl)Sc1ncc(I)cn1. The molecule has 0 amide bonds. The number of hydrogen-bond acceptors (Lipinski definition) is 3. The molecule has 0 N–H and O–H groups in total. The molecule has 0 fully saturated rings. The second kappa shape index (κ2) is 6.03. The highest BCUT2D eigenvalue weighted by molar-refractivity contribution is 14.1. The summed E-state index contributed by atoms with van der Waals surface area (Å²) in [6.07, 6.45) is 4.63. The largest absolute Gasteiger partial charge is 0.230 e. The summed E-state index contributed by atoms with van der Waals surface area (Å²) in [5.74, 6) is 0.693. The van der Waals surface area contributed by atoms with Crippen molar-refractivity contribution in [2.24, 2.45) is 0 Å². The predicted octanol–water partition coefficient (Wildman–Crippen LogP) is 3.19. The van der Waals surface area contributed by atoms with Crippen molar-refractivity contribution in [1.82, 2.24) is 9.97 Å². The molecule has 0 aliphatic carbocycles. The van der Waals surface area contributed by atoms with E-state index in [1.807, 2.05) is 12.4 Å². The Morgan fingerprint density at radius 3 is 2.69 bits per heavy atom. The van der Waals surface area contributed by atoms with Gasteiger partial charge in [0.2, 0.25) is 0 Å². The number of hydrogen-bond donors (Lipinski definition) is 0. The van der Waals surface area contributed by atoms with Crippen LogP contribution in [0.25, 0.3) is 0 Å². The molecule has 72 valence electrons. The zero-order valence-electron chi connectivity index (χ0n) is 7.20. The van der Waals surface area contributed by atoms with Crippen molar-refractivity contribution in [2.75, 3.05) is 5.88 Å². The minimum absolute atomic E-state index is 0.484. The van der Waals surface area contributed by atoms with E-state index in [1.165, 1.54) is 0 Å². The van der Waals surface area contributed by atoms with Crippen LogP contribution in [0, 0.1) is 3.57 Å². The first-order chi connectivity index (χ1) is 6.22. The molecule has 1 aromatic rings. The van der Waals surface area contributed by atoms with Gasteiger partial charge in [0.25, 0.3) is 0 Å². The number of aromatic nitrogens is 2. The van der Waals surface area contributed by atoms with Gasteiger partial charge in [0.1, 0.15) is 0 Å². The van der Waals surface area contributed by atoms with Gasteiger partial charge in [0.15, 0.2) is 5.16 Å². The predicted molar refractivity (Wildman–Crippen MR) is 65.4 cm³/mol. The lowest BCUT2D eigenvalue weighted by Gasteiger charge is -2.06. The molecule has 0 aliphatic rings. The summed E-state index contributed by atoms with van der Waals surface area (Å²) in [6.45, 7) is 2.13. The molecule has 5 heteroatoms. The molecule has 0 spiro atoms. The highest BCUT2D eigenvalue weighted by Gasteiger charge is 2.05. The van der Waals surface area contributed by atoms with E-state index in [0.717, 1.165) is 15.1 Å². The van der Waals surface area contributed by atoms with E-state index in [0.29, 0.717) is 11.1 Å². The highest BCUT2D eigenvalue weighted by Crippen LogP contribution is 2.21. The molecule has 0 aliphatic heterocycles. The van der Waals surface area contributed by atoms with Gasteiger partial charge in [0, 0.05) is 27.1 Å². The van der Waals surface area contributed by atoms with E-state index in [9.17, 15) is 0 Å². The Kier molecular flexibility index (Phi) is 5.35. The lowest BCUT2D eigenvalue weighted by molar-refractivity contribution is 0.887. The molecule has 1 rings (SSSR count). The smallest absolute Gasteiger partial charge is 0.187 e. The van der Waals surface area contributed by atoms with Crippen molar-refractivity contribution in [1.29, 1.82) is 0 Å². The van der Waals surface area contributed by atoms with Gasteiger partial charge in [-0.2, -0.15) is 0 Å². The Bertz CT molecular complexity index is 255. The summed E-state index contributed by atoms with van der Waals surface area (Å²) >= 11 is 9.49. The van der Waals surface area contributed by atoms with E-state index in [4.69, 9.17) is 11.6 Å². The van der Waals surface area contributed by atoms with Crippen LogP contribution in [-0.2, 0) is 0 Å². The molecule has 2 nitrogen and oxygen atoms in total. The number of thioether (sulfide) groups is 1. The number of rotatable bonds is 4. The highest BCUT2D eigenvalue weighted by atomic mass is 127. The minimum Gasteiger partial charge on any atom is -0.230 e. The standard InChI is InChI=1S/C8H10ClIN2S/c1-6(2-3-9)13-8-11-4-7(10)5-12-8/h4-6H,2-3H2,1H3. The van der Waals surface area contributed by atoms with Crippen LogP contribution in [0.15, 0.2) is 17.6 Å². The van der Waals surface area contributed by atoms with Crippen LogP contribution < -0.4 is 0 Å². The van der Waals surface area contributed by atoms with Crippen LogP contribution in [0.2, 0.25) is 0 Å². The molecule has 1 heterocycles. The topological polar surface area (TPSA) is 25.8 Å². The zero-order valence-corrected chi connectivity index (χ0v) is 10.9. The van der Waals surface area contributed by atoms with Crippen molar-refractivity contribution in [3.8, 4) is 0 Å². The number of nitrogens with zero attached hydrogens (tertiary/aromatic N) is 2. The zero-order chi connectivity index (χ0) is 9.68. The van der Waals surface area contributed by atoms with Crippen LogP contribution in [0.1, 0.15) is 13.3 Å². The van der Waals surface area contributed by atoms with Crippen LogP contribution in [0.3, 0.4) is 0 Å². The van der Waals surface area contributed by atoms with E-state index in [-0.39, 0.29) is 0 Å². The molecule has 1 aromatic heterocycles. The maximum absolute atomic E-state index is 5.63. The van der Waals surface area contributed by atoms with Gasteiger partial charge in [-0.05, 0) is 29.0 Å². The molecule has 0 saturated carbocycles. The van der Waals surface area contributed by atoms with E-state index in [1.54, 1.807) is 11.8 Å². The van der Waals surface area contributed by atoms with Gasteiger partial charge in [0.05, 0.1) is 0 Å². The summed E-state index contributed by atoms with van der Waals surface area (Å²) in [7, 11) is 0. The Morgan fingerprint density at radius 1 is 1.54 bits per heavy atom. The second-order valence-corrected chi connectivity index (χ2v) is 5.62. The first-order valence-electron chi connectivity index (χ1n) is 3.92. The normalized spacial score (nSPS) is 12.8. The third kappa shape index (κ3) is 4.46. The minimum atomic E-state index is 0.484. The van der Waals surface area contributed by atoms with E-state index in [2.05, 4.69) is 39.5 Å². The summed E-state index contributed by atoms with van der Waals surface area (Å²) in [6, 6.07) is 0. The molecular weight excluding hydrogens is 319 g/mol. The van der Waals surface area contributed by atoms with Gasteiger partial charge < -0.3 is 0 Å². The summed E-state index contributed by atoms with van der Waals surface area (Å²) in [4.78, 5) is 8.40. The Labute approximate surface area is 101 Å². The molecule has 0 bridgehead atoms. The lowest BCUT2D eigenvalue weighted by atomic mass is 10.4. The van der Waals surface area contributed by atoms with Gasteiger partial charge in [-0.25, -0.2) is 9.97 Å². The van der Waals surface area contributed by atoms with Crippen LogP contribution in [0.4, 0.5) is 0 Å². The fraction of sp³-hybridized carbons (Fsp3) is 0.500. The number of alkyl halides is 1. The van der Waals surface area contributed by atoms with Gasteiger partial charge in [-0.15, -0.1) is 11.6 Å². The molecule has 0 saturated heterocycles. The van der Waals surface area contributed by atoms with E-state index < -0.39 is 0 Å². The van der Waals surface area contributed by atoms with Crippen molar-refractivity contribution >= 4 is 46.0 Å². The van der Waals surface area contributed by atoms with Crippen molar-refractivity contribution in [2.45, 2.75) is 23.8 Å². The van der Waals surface area contributed by atoms with Crippen LogP contribution >= 0.6 is 46.0 Å². The van der Waals surface area contributed by atoms with Gasteiger partial charge >= 0.3 is 0 Å². The van der Waals surface area contributed by atoms with Crippen molar-refractivity contribution in [3.63, 3.8) is 0 Å². The molecule has 0 radical (unpaired) electrons. The van der Waals surface area contributed by atoms with Crippen molar-refractivity contribution in [3.05, 3.63) is 16.0 Å². The van der Waals surface area contributed by atoms with Gasteiger partial charge in [-0.1, -0.05) is 18.7 Å². The maximum atomic E-state index is 5.63. The van der Waals surface area contributed by atoms with Crippen LogP contribution in [-0.4, -0.2) is 21.1 Å². The quantitative estimate of drug-likeness (QED) is 0.367. The molecule has 1 atom stereocenters.